The lowest BCUT2D eigenvalue weighted by molar-refractivity contribution is -0.142. The molecule has 0 fully saturated rings. The average Bonchev–Trinajstić information content (AvgIpc) is 2.02. The summed E-state index contributed by atoms with van der Waals surface area (Å²) in [5.41, 5.74) is 5.42. The normalized spacial score (nSPS) is 15.4. The van der Waals surface area contributed by atoms with Gasteiger partial charge in [0.15, 0.2) is 0 Å². The quantitative estimate of drug-likeness (QED) is 0.631. The van der Waals surface area contributed by atoms with Gasteiger partial charge in [-0.2, -0.15) is 0 Å². The van der Waals surface area contributed by atoms with E-state index in [9.17, 15) is 4.79 Å². The lowest BCUT2D eigenvalue weighted by Crippen LogP contribution is -2.40. The van der Waals surface area contributed by atoms with Gasteiger partial charge in [-0.3, -0.25) is 9.69 Å². The van der Waals surface area contributed by atoms with Gasteiger partial charge in [-0.1, -0.05) is 19.1 Å². The number of aliphatic carboxylic acids is 1. The maximum absolute atomic E-state index is 10.6. The molecule has 0 saturated carbocycles. The number of nitrogens with zero attached hydrogens (tertiary/aromatic N) is 1. The number of likely N-dealkylation sites (N-methyl/N-ethyl adjacent to an activating group) is 1. The Bertz CT molecular complexity index is 208. The van der Waals surface area contributed by atoms with Crippen molar-refractivity contribution in [3.05, 3.63) is 0 Å². The van der Waals surface area contributed by atoms with Crippen molar-refractivity contribution in [3.8, 4) is 0 Å². The van der Waals surface area contributed by atoms with E-state index in [4.69, 9.17) is 23.1 Å². The summed E-state index contributed by atoms with van der Waals surface area (Å²) in [4.78, 5) is 12.7. The number of rotatable bonds is 5. The van der Waals surface area contributed by atoms with Crippen LogP contribution in [0.5, 0.6) is 0 Å². The minimum atomic E-state index is -0.836. The monoisotopic (exact) mass is 204 g/mol. The minimum Gasteiger partial charge on any atom is -0.480 e. The van der Waals surface area contributed by atoms with Gasteiger partial charge in [0.05, 0.1) is 4.99 Å². The van der Waals surface area contributed by atoms with Gasteiger partial charge in [-0.05, 0) is 14.0 Å². The van der Waals surface area contributed by atoms with E-state index < -0.39 is 12.0 Å². The van der Waals surface area contributed by atoms with Gasteiger partial charge in [0.1, 0.15) is 6.04 Å². The highest BCUT2D eigenvalue weighted by Gasteiger charge is 2.19. The van der Waals surface area contributed by atoms with Gasteiger partial charge in [-0.25, -0.2) is 0 Å². The van der Waals surface area contributed by atoms with Gasteiger partial charge < -0.3 is 10.8 Å². The van der Waals surface area contributed by atoms with Crippen molar-refractivity contribution in [1.29, 1.82) is 0 Å². The first-order valence-electron chi connectivity index (χ1n) is 4.08. The summed E-state index contributed by atoms with van der Waals surface area (Å²) in [5.74, 6) is -0.792. The predicted octanol–water partition coefficient (Wildman–Crippen LogP) is 0.314. The Morgan fingerprint density at radius 1 is 1.62 bits per heavy atom. The highest BCUT2D eigenvalue weighted by Crippen LogP contribution is 2.02. The second-order valence-electron chi connectivity index (χ2n) is 3.26. The van der Waals surface area contributed by atoms with Crippen LogP contribution in [0.1, 0.15) is 13.8 Å². The summed E-state index contributed by atoms with van der Waals surface area (Å²) in [6.07, 6.45) is 0. The summed E-state index contributed by atoms with van der Waals surface area (Å²) in [7, 11) is 1.74. The van der Waals surface area contributed by atoms with Crippen LogP contribution in [0.15, 0.2) is 0 Å². The summed E-state index contributed by atoms with van der Waals surface area (Å²) in [5, 5.41) is 8.70. The van der Waals surface area contributed by atoms with E-state index in [0.29, 0.717) is 11.5 Å². The fourth-order valence-electron chi connectivity index (χ4n) is 0.869. The van der Waals surface area contributed by atoms with Crippen LogP contribution in [0.25, 0.3) is 0 Å². The van der Waals surface area contributed by atoms with Crippen molar-refractivity contribution < 1.29 is 9.90 Å². The van der Waals surface area contributed by atoms with Gasteiger partial charge in [0.2, 0.25) is 0 Å². The Kier molecular flexibility index (Phi) is 4.87. The zero-order valence-corrected chi connectivity index (χ0v) is 8.97. The van der Waals surface area contributed by atoms with Crippen LogP contribution in [-0.4, -0.2) is 40.6 Å². The van der Waals surface area contributed by atoms with Crippen molar-refractivity contribution in [2.24, 2.45) is 11.7 Å². The number of thiocarbonyl (C=S) groups is 1. The first kappa shape index (κ1) is 12.3. The zero-order valence-electron chi connectivity index (χ0n) is 8.15. The number of carbonyl (C=O) groups is 1. The minimum absolute atomic E-state index is 0.0433. The fraction of sp³-hybridized carbons (Fsp3) is 0.750. The highest BCUT2D eigenvalue weighted by atomic mass is 32.1. The van der Waals surface area contributed by atoms with Crippen molar-refractivity contribution in [3.63, 3.8) is 0 Å². The summed E-state index contributed by atoms with van der Waals surface area (Å²) in [6, 6.07) is -0.503. The molecule has 0 aromatic rings. The molecule has 0 bridgehead atoms. The molecule has 0 radical (unpaired) electrons. The lowest BCUT2D eigenvalue weighted by Gasteiger charge is -2.23. The molecule has 76 valence electrons. The zero-order chi connectivity index (χ0) is 10.6. The van der Waals surface area contributed by atoms with E-state index in [1.807, 2.05) is 6.92 Å². The van der Waals surface area contributed by atoms with E-state index in [1.165, 1.54) is 0 Å². The molecule has 0 aromatic carbocycles. The number of carboxylic acid groups (broad SMARTS) is 1. The van der Waals surface area contributed by atoms with Crippen LogP contribution < -0.4 is 5.73 Å². The highest BCUT2D eigenvalue weighted by molar-refractivity contribution is 7.80. The Labute approximate surface area is 83.7 Å². The van der Waals surface area contributed by atoms with Crippen LogP contribution in [0.4, 0.5) is 0 Å². The van der Waals surface area contributed by atoms with Crippen molar-refractivity contribution in [2.75, 3.05) is 13.6 Å². The number of hydrogen-bond donors (Lipinski definition) is 2. The van der Waals surface area contributed by atoms with E-state index in [-0.39, 0.29) is 5.92 Å². The summed E-state index contributed by atoms with van der Waals surface area (Å²) >= 11 is 4.79. The SMILES string of the molecule is CC(CN(C)C(C)C(=O)O)C(N)=S. The topological polar surface area (TPSA) is 66.6 Å². The van der Waals surface area contributed by atoms with Crippen molar-refractivity contribution >= 4 is 23.2 Å². The van der Waals surface area contributed by atoms with Crippen LogP contribution in [0.3, 0.4) is 0 Å². The average molecular weight is 204 g/mol. The van der Waals surface area contributed by atoms with E-state index in [0.717, 1.165) is 0 Å². The van der Waals surface area contributed by atoms with Gasteiger partial charge in [-0.15, -0.1) is 0 Å². The Hall–Kier alpha value is -0.680. The van der Waals surface area contributed by atoms with Gasteiger partial charge >= 0.3 is 5.97 Å². The molecule has 0 spiro atoms. The third-order valence-corrected chi connectivity index (χ3v) is 2.47. The molecule has 2 atom stereocenters. The van der Waals surface area contributed by atoms with Crippen molar-refractivity contribution in [1.82, 2.24) is 4.90 Å². The third kappa shape index (κ3) is 4.19. The number of nitrogens with two attached hydrogens (primary N) is 1. The largest absolute Gasteiger partial charge is 0.480 e. The molecule has 0 rings (SSSR count). The molecule has 4 nitrogen and oxygen atoms in total. The standard InChI is InChI=1S/C8H16N2O2S/c1-5(7(9)13)4-10(3)6(2)8(11)12/h5-6H,4H2,1-3H3,(H2,9,13)(H,11,12). The molecule has 0 aliphatic heterocycles. The molecular weight excluding hydrogens is 188 g/mol. The van der Waals surface area contributed by atoms with Gasteiger partial charge in [0.25, 0.3) is 0 Å². The summed E-state index contributed by atoms with van der Waals surface area (Å²) in [6.45, 7) is 4.09. The third-order valence-electron chi connectivity index (χ3n) is 2.07. The van der Waals surface area contributed by atoms with Crippen molar-refractivity contribution in [2.45, 2.75) is 19.9 Å². The molecule has 0 aromatic heterocycles. The molecular formula is C8H16N2O2S. The maximum Gasteiger partial charge on any atom is 0.320 e. The van der Waals surface area contributed by atoms with Crippen LogP contribution in [0, 0.1) is 5.92 Å². The Balaban J connectivity index is 4.06. The molecule has 3 N–H and O–H groups in total. The fourth-order valence-corrected chi connectivity index (χ4v) is 0.943. The van der Waals surface area contributed by atoms with Crippen LogP contribution >= 0.6 is 12.2 Å². The molecule has 0 amide bonds. The molecule has 0 aliphatic rings. The molecule has 5 heteroatoms. The maximum atomic E-state index is 10.6. The number of carboxylic acids is 1. The Morgan fingerprint density at radius 3 is 2.38 bits per heavy atom. The van der Waals surface area contributed by atoms with E-state index in [1.54, 1.807) is 18.9 Å². The van der Waals surface area contributed by atoms with Crippen LogP contribution in [0.2, 0.25) is 0 Å². The lowest BCUT2D eigenvalue weighted by atomic mass is 10.1. The smallest absolute Gasteiger partial charge is 0.320 e. The van der Waals surface area contributed by atoms with E-state index >= 15 is 0 Å². The summed E-state index contributed by atoms with van der Waals surface area (Å²) < 4.78 is 0. The number of hydrogen-bond acceptors (Lipinski definition) is 3. The molecule has 2 unspecified atom stereocenters. The second-order valence-corrected chi connectivity index (χ2v) is 3.73. The first-order chi connectivity index (χ1) is 5.86. The van der Waals surface area contributed by atoms with E-state index in [2.05, 4.69) is 0 Å². The molecule has 0 heterocycles. The second kappa shape index (κ2) is 5.14. The molecule has 13 heavy (non-hydrogen) atoms. The van der Waals surface area contributed by atoms with Crippen LogP contribution in [-0.2, 0) is 4.79 Å². The molecule has 0 saturated heterocycles. The van der Waals surface area contributed by atoms with Gasteiger partial charge in [0, 0.05) is 12.5 Å². The molecule has 0 aliphatic carbocycles. The first-order valence-corrected chi connectivity index (χ1v) is 4.49. The predicted molar refractivity (Wildman–Crippen MR) is 55.7 cm³/mol. The Morgan fingerprint density at radius 2 is 2.08 bits per heavy atom.